The van der Waals surface area contributed by atoms with Gasteiger partial charge >= 0.3 is 0 Å². The zero-order valence-electron chi connectivity index (χ0n) is 11.5. The van der Waals surface area contributed by atoms with Gasteiger partial charge < -0.3 is 10.2 Å². The molecule has 0 saturated heterocycles. The van der Waals surface area contributed by atoms with Gasteiger partial charge in [0.2, 0.25) is 0 Å². The van der Waals surface area contributed by atoms with Crippen LogP contribution in [0, 0.1) is 0 Å². The standard InChI is InChI=1S/C15H12Cl2N2O3/c1-8(12-7-10(20)3-5-14(12)21)18-19-15(22)11-4-2-9(16)6-13(11)17/h2-7,20-21H,1H3,(H,19,22)/b18-8-. The first kappa shape index (κ1) is 16.1. The molecule has 0 aliphatic carbocycles. The van der Waals surface area contributed by atoms with Gasteiger partial charge in [-0.3, -0.25) is 4.79 Å². The van der Waals surface area contributed by atoms with E-state index in [0.717, 1.165) is 0 Å². The first-order chi connectivity index (χ1) is 10.4. The minimum Gasteiger partial charge on any atom is -0.508 e. The summed E-state index contributed by atoms with van der Waals surface area (Å²) in [6.45, 7) is 1.58. The van der Waals surface area contributed by atoms with E-state index in [1.54, 1.807) is 13.0 Å². The Hall–Kier alpha value is -2.24. The van der Waals surface area contributed by atoms with Crippen LogP contribution in [0.2, 0.25) is 10.0 Å². The molecule has 114 valence electrons. The Labute approximate surface area is 136 Å². The van der Waals surface area contributed by atoms with Crippen LogP contribution >= 0.6 is 23.2 Å². The first-order valence-electron chi connectivity index (χ1n) is 6.20. The number of nitrogens with one attached hydrogen (secondary N) is 1. The van der Waals surface area contributed by atoms with E-state index in [1.165, 1.54) is 30.3 Å². The molecule has 2 aromatic carbocycles. The van der Waals surface area contributed by atoms with Crippen molar-refractivity contribution in [2.24, 2.45) is 5.10 Å². The number of nitrogens with zero attached hydrogens (tertiary/aromatic N) is 1. The number of carbonyl (C=O) groups is 1. The van der Waals surface area contributed by atoms with Crippen molar-refractivity contribution >= 4 is 34.8 Å². The summed E-state index contributed by atoms with van der Waals surface area (Å²) in [6, 6.07) is 8.50. The van der Waals surface area contributed by atoms with E-state index in [0.29, 0.717) is 16.3 Å². The van der Waals surface area contributed by atoms with Gasteiger partial charge in [-0.25, -0.2) is 5.43 Å². The van der Waals surface area contributed by atoms with Crippen molar-refractivity contribution in [1.29, 1.82) is 0 Å². The lowest BCUT2D eigenvalue weighted by atomic mass is 10.1. The van der Waals surface area contributed by atoms with E-state index in [4.69, 9.17) is 23.2 Å². The zero-order valence-corrected chi connectivity index (χ0v) is 13.0. The van der Waals surface area contributed by atoms with E-state index in [-0.39, 0.29) is 22.1 Å². The number of rotatable bonds is 3. The summed E-state index contributed by atoms with van der Waals surface area (Å²) in [6.07, 6.45) is 0. The normalized spacial score (nSPS) is 11.3. The number of aromatic hydroxyl groups is 2. The summed E-state index contributed by atoms with van der Waals surface area (Å²) < 4.78 is 0. The summed E-state index contributed by atoms with van der Waals surface area (Å²) in [5.74, 6) is -0.590. The molecular weight excluding hydrogens is 327 g/mol. The van der Waals surface area contributed by atoms with E-state index >= 15 is 0 Å². The fourth-order valence-corrected chi connectivity index (χ4v) is 2.24. The van der Waals surface area contributed by atoms with Crippen molar-refractivity contribution < 1.29 is 15.0 Å². The molecule has 0 unspecified atom stereocenters. The van der Waals surface area contributed by atoms with Gasteiger partial charge in [-0.1, -0.05) is 23.2 Å². The molecule has 5 nitrogen and oxygen atoms in total. The third-order valence-electron chi connectivity index (χ3n) is 2.87. The maximum atomic E-state index is 12.0. The number of benzene rings is 2. The minimum absolute atomic E-state index is 0.0191. The zero-order chi connectivity index (χ0) is 16.3. The Balaban J connectivity index is 2.20. The highest BCUT2D eigenvalue weighted by molar-refractivity contribution is 6.36. The van der Waals surface area contributed by atoms with Gasteiger partial charge in [-0.05, 0) is 43.3 Å². The molecule has 0 bridgehead atoms. The predicted molar refractivity (Wildman–Crippen MR) is 85.9 cm³/mol. The quantitative estimate of drug-likeness (QED) is 0.454. The lowest BCUT2D eigenvalue weighted by Crippen LogP contribution is -2.19. The largest absolute Gasteiger partial charge is 0.508 e. The maximum Gasteiger partial charge on any atom is 0.272 e. The Kier molecular flexibility index (Phi) is 4.90. The molecule has 0 aromatic heterocycles. The Bertz CT molecular complexity index is 760. The van der Waals surface area contributed by atoms with E-state index in [2.05, 4.69) is 10.5 Å². The maximum absolute atomic E-state index is 12.0. The van der Waals surface area contributed by atoms with Crippen molar-refractivity contribution in [2.45, 2.75) is 6.92 Å². The molecule has 2 rings (SSSR count). The molecule has 3 N–H and O–H groups in total. The van der Waals surface area contributed by atoms with Crippen molar-refractivity contribution in [3.8, 4) is 11.5 Å². The fraction of sp³-hybridized carbons (Fsp3) is 0.0667. The van der Waals surface area contributed by atoms with Gasteiger partial charge in [0.1, 0.15) is 11.5 Å². The van der Waals surface area contributed by atoms with Crippen LogP contribution < -0.4 is 5.43 Å². The summed E-state index contributed by atoms with van der Waals surface area (Å²) in [5, 5.41) is 23.7. The molecule has 2 aromatic rings. The Morgan fingerprint density at radius 2 is 1.82 bits per heavy atom. The van der Waals surface area contributed by atoms with Gasteiger partial charge in [0.25, 0.3) is 5.91 Å². The van der Waals surface area contributed by atoms with Gasteiger partial charge in [0.15, 0.2) is 0 Å². The van der Waals surface area contributed by atoms with E-state index in [9.17, 15) is 15.0 Å². The average Bonchev–Trinajstić information content (AvgIpc) is 2.47. The monoisotopic (exact) mass is 338 g/mol. The minimum atomic E-state index is -0.513. The summed E-state index contributed by atoms with van der Waals surface area (Å²) in [5.41, 5.74) is 3.19. The van der Waals surface area contributed by atoms with Crippen molar-refractivity contribution in [2.75, 3.05) is 0 Å². The van der Waals surface area contributed by atoms with Crippen LogP contribution in [0.15, 0.2) is 41.5 Å². The smallest absolute Gasteiger partial charge is 0.272 e. The number of hydrogen-bond donors (Lipinski definition) is 3. The third-order valence-corrected chi connectivity index (χ3v) is 3.42. The Morgan fingerprint density at radius 1 is 1.09 bits per heavy atom. The van der Waals surface area contributed by atoms with E-state index < -0.39 is 5.91 Å². The SMILES string of the molecule is C/C(=N/NC(=O)c1ccc(Cl)cc1Cl)c1cc(O)ccc1O. The number of halogens is 2. The molecule has 7 heteroatoms. The molecule has 22 heavy (non-hydrogen) atoms. The van der Waals surface area contributed by atoms with Crippen LogP contribution in [0.1, 0.15) is 22.8 Å². The highest BCUT2D eigenvalue weighted by atomic mass is 35.5. The summed E-state index contributed by atoms with van der Waals surface area (Å²) in [7, 11) is 0. The number of carbonyl (C=O) groups excluding carboxylic acids is 1. The van der Waals surface area contributed by atoms with Crippen molar-refractivity contribution in [3.05, 3.63) is 57.6 Å². The average molecular weight is 339 g/mol. The van der Waals surface area contributed by atoms with Crippen LogP contribution in [-0.2, 0) is 0 Å². The lowest BCUT2D eigenvalue weighted by Gasteiger charge is -2.06. The van der Waals surface area contributed by atoms with Crippen molar-refractivity contribution in [3.63, 3.8) is 0 Å². The molecule has 0 spiro atoms. The highest BCUT2D eigenvalue weighted by Gasteiger charge is 2.11. The molecule has 0 radical (unpaired) electrons. The van der Waals surface area contributed by atoms with Crippen LogP contribution in [0.4, 0.5) is 0 Å². The predicted octanol–water partition coefficient (Wildman–Crippen LogP) is 3.56. The number of amides is 1. The second-order valence-electron chi connectivity index (χ2n) is 4.46. The first-order valence-corrected chi connectivity index (χ1v) is 6.96. The second-order valence-corrected chi connectivity index (χ2v) is 5.31. The molecule has 0 heterocycles. The van der Waals surface area contributed by atoms with Crippen LogP contribution in [-0.4, -0.2) is 21.8 Å². The summed E-state index contributed by atoms with van der Waals surface area (Å²) in [4.78, 5) is 12.0. The topological polar surface area (TPSA) is 81.9 Å². The third kappa shape index (κ3) is 3.69. The number of phenolic OH excluding ortho intramolecular Hbond substituents is 2. The highest BCUT2D eigenvalue weighted by Crippen LogP contribution is 2.23. The van der Waals surface area contributed by atoms with Gasteiger partial charge in [0, 0.05) is 10.6 Å². The Morgan fingerprint density at radius 3 is 2.50 bits per heavy atom. The molecular formula is C15H12Cl2N2O3. The number of hydrogen-bond acceptors (Lipinski definition) is 4. The molecule has 0 saturated carbocycles. The van der Waals surface area contributed by atoms with Crippen LogP contribution in [0.25, 0.3) is 0 Å². The van der Waals surface area contributed by atoms with Gasteiger partial charge in [-0.2, -0.15) is 5.10 Å². The number of phenols is 2. The molecule has 0 aliphatic rings. The molecule has 0 fully saturated rings. The van der Waals surface area contributed by atoms with Gasteiger partial charge in [-0.15, -0.1) is 0 Å². The van der Waals surface area contributed by atoms with Crippen molar-refractivity contribution in [1.82, 2.24) is 5.43 Å². The molecule has 0 atom stereocenters. The second kappa shape index (κ2) is 6.68. The number of hydrazone groups is 1. The van der Waals surface area contributed by atoms with Crippen LogP contribution in [0.3, 0.4) is 0 Å². The van der Waals surface area contributed by atoms with Gasteiger partial charge in [0.05, 0.1) is 16.3 Å². The lowest BCUT2D eigenvalue weighted by molar-refractivity contribution is 0.0955. The fourth-order valence-electron chi connectivity index (χ4n) is 1.74. The molecule has 0 aliphatic heterocycles. The molecule has 1 amide bonds. The van der Waals surface area contributed by atoms with Crippen LogP contribution in [0.5, 0.6) is 11.5 Å². The summed E-state index contributed by atoms with van der Waals surface area (Å²) >= 11 is 11.7. The van der Waals surface area contributed by atoms with E-state index in [1.807, 2.05) is 0 Å².